The average molecular weight is 526 g/mol. The number of carboxylic acid groups (broad SMARTS) is 1. The quantitative estimate of drug-likeness (QED) is 0.152. The molecule has 37 heavy (non-hydrogen) atoms. The summed E-state index contributed by atoms with van der Waals surface area (Å²) in [5.41, 5.74) is 1.03. The summed E-state index contributed by atoms with van der Waals surface area (Å²) >= 11 is 1.06. The van der Waals surface area contributed by atoms with Gasteiger partial charge in [0, 0.05) is 11.8 Å². The van der Waals surface area contributed by atoms with E-state index in [1.165, 1.54) is 44.9 Å². The summed E-state index contributed by atoms with van der Waals surface area (Å²) in [6.07, 6.45) is 18.7. The van der Waals surface area contributed by atoms with E-state index >= 15 is 0 Å². The number of carbonyl (C=O) groups excluding carboxylic acids is 2. The number of unbranched alkanes of at least 4 members (excludes halogenated alkanes) is 11. The molecule has 0 aliphatic carbocycles. The van der Waals surface area contributed by atoms with Gasteiger partial charge in [0.05, 0.1) is 11.5 Å². The molecule has 2 aromatic rings. The minimum absolute atomic E-state index is 0.218. The second-order valence-corrected chi connectivity index (χ2v) is 10.8. The van der Waals surface area contributed by atoms with E-state index in [0.29, 0.717) is 12.8 Å². The third-order valence-electron chi connectivity index (χ3n) is 6.70. The van der Waals surface area contributed by atoms with Gasteiger partial charge in [0.15, 0.2) is 0 Å². The van der Waals surface area contributed by atoms with Crippen molar-refractivity contribution in [1.29, 1.82) is 0 Å². The number of benzene rings is 2. The molecule has 2 aromatic carbocycles. The number of hydrogen-bond acceptors (Lipinski definition) is 5. The predicted molar refractivity (Wildman–Crippen MR) is 150 cm³/mol. The maximum Gasteiger partial charge on any atom is 0.303 e. The van der Waals surface area contributed by atoms with Gasteiger partial charge in [-0.1, -0.05) is 99.9 Å². The molecule has 1 unspecified atom stereocenters. The second-order valence-electron chi connectivity index (χ2n) is 9.67. The minimum atomic E-state index is -0.685. The molecule has 2 N–H and O–H groups in total. The van der Waals surface area contributed by atoms with Crippen LogP contribution in [0.5, 0.6) is 5.75 Å². The summed E-state index contributed by atoms with van der Waals surface area (Å²) in [6, 6.07) is 11.9. The van der Waals surface area contributed by atoms with Gasteiger partial charge in [-0.05, 0) is 48.8 Å². The average Bonchev–Trinajstić information content (AvgIpc) is 3.20. The van der Waals surface area contributed by atoms with Crippen LogP contribution in [0, 0.1) is 0 Å². The Labute approximate surface area is 224 Å². The molecule has 1 fully saturated rings. The lowest BCUT2D eigenvalue weighted by molar-refractivity contribution is -0.137. The van der Waals surface area contributed by atoms with Crippen LogP contribution in [0.25, 0.3) is 10.8 Å². The van der Waals surface area contributed by atoms with Crippen molar-refractivity contribution in [3.8, 4) is 5.75 Å². The van der Waals surface area contributed by atoms with Gasteiger partial charge in [0.2, 0.25) is 5.91 Å². The first-order chi connectivity index (χ1) is 18.0. The first kappa shape index (κ1) is 28.8. The Balaban J connectivity index is 1.29. The molecule has 7 heteroatoms. The lowest BCUT2D eigenvalue weighted by Gasteiger charge is -2.12. The van der Waals surface area contributed by atoms with E-state index in [1.807, 2.05) is 36.4 Å². The topological polar surface area (TPSA) is 92.7 Å². The molecule has 6 nitrogen and oxygen atoms in total. The van der Waals surface area contributed by atoms with Crippen molar-refractivity contribution in [2.24, 2.45) is 0 Å². The summed E-state index contributed by atoms with van der Waals surface area (Å²) in [6.45, 7) is 0. The third kappa shape index (κ3) is 10.2. The fourth-order valence-corrected chi connectivity index (χ4v) is 5.51. The van der Waals surface area contributed by atoms with Gasteiger partial charge < -0.3 is 9.84 Å². The molecule has 0 radical (unpaired) electrons. The predicted octanol–water partition coefficient (Wildman–Crippen LogP) is 7.78. The van der Waals surface area contributed by atoms with Crippen molar-refractivity contribution in [2.45, 2.75) is 95.1 Å². The number of aliphatic carboxylic acids is 1. The van der Waals surface area contributed by atoms with Gasteiger partial charge in [-0.15, -0.1) is 0 Å². The summed E-state index contributed by atoms with van der Waals surface area (Å²) in [5.74, 6) is -0.114. The fraction of sp³-hybridized carbons (Fsp3) is 0.500. The Morgan fingerprint density at radius 2 is 1.49 bits per heavy atom. The highest BCUT2D eigenvalue weighted by Crippen LogP contribution is 2.32. The first-order valence-electron chi connectivity index (χ1n) is 13.6. The number of fused-ring (bicyclic) bond motifs is 1. The maximum absolute atomic E-state index is 12.0. The monoisotopic (exact) mass is 525 g/mol. The number of amides is 2. The summed E-state index contributed by atoms with van der Waals surface area (Å²) in [7, 11) is 0. The highest BCUT2D eigenvalue weighted by molar-refractivity contribution is 8.15. The SMILES string of the molecule is O=C(O)CCCCCCCCCCCCC/C=C/Oc1ccc(CC2SC(=O)NC2=O)c2ccccc12. The molecule has 1 atom stereocenters. The van der Waals surface area contributed by atoms with Gasteiger partial charge in [-0.25, -0.2) is 0 Å². The number of rotatable bonds is 18. The van der Waals surface area contributed by atoms with Crippen LogP contribution in [-0.4, -0.2) is 27.5 Å². The second kappa shape index (κ2) is 16.1. The van der Waals surface area contributed by atoms with Gasteiger partial charge in [-0.3, -0.25) is 19.7 Å². The molecule has 3 rings (SSSR count). The van der Waals surface area contributed by atoms with Gasteiger partial charge in [-0.2, -0.15) is 0 Å². The number of allylic oxidation sites excluding steroid dienone is 1. The molecule has 1 heterocycles. The normalized spacial score (nSPS) is 15.5. The number of carbonyl (C=O) groups is 3. The zero-order valence-electron chi connectivity index (χ0n) is 21.6. The van der Waals surface area contributed by atoms with E-state index < -0.39 is 5.97 Å². The molecule has 0 saturated carbocycles. The molecule has 0 aromatic heterocycles. The molecule has 0 spiro atoms. The van der Waals surface area contributed by atoms with Gasteiger partial charge in [0.25, 0.3) is 5.24 Å². The standard InChI is InChI=1S/C30H39NO5S/c32-28(33)18-12-10-8-6-4-2-1-3-5-7-9-11-15-21-36-26-20-19-23(24-16-13-14-17-25(24)26)22-27-29(34)31-30(35)37-27/h13-17,19-21,27H,1-12,18,22H2,(H,32,33)(H,31,34,35)/b21-15+. The smallest absolute Gasteiger partial charge is 0.303 e. The Morgan fingerprint density at radius 1 is 0.865 bits per heavy atom. The lowest BCUT2D eigenvalue weighted by atomic mass is 10.00. The minimum Gasteiger partial charge on any atom is -0.481 e. The van der Waals surface area contributed by atoms with E-state index in [0.717, 1.165) is 66.0 Å². The summed E-state index contributed by atoms with van der Waals surface area (Å²) < 4.78 is 5.95. The number of hydrogen-bond donors (Lipinski definition) is 2. The number of thioether (sulfide) groups is 1. The van der Waals surface area contributed by atoms with E-state index in [-0.39, 0.29) is 16.4 Å². The fourth-order valence-electron chi connectivity index (χ4n) is 4.66. The molecule has 1 saturated heterocycles. The Hall–Kier alpha value is -2.80. The molecule has 1 aliphatic heterocycles. The van der Waals surface area contributed by atoms with Gasteiger partial charge in [0.1, 0.15) is 5.75 Å². The Morgan fingerprint density at radius 3 is 2.11 bits per heavy atom. The van der Waals surface area contributed by atoms with Crippen molar-refractivity contribution >= 4 is 39.7 Å². The van der Waals surface area contributed by atoms with E-state index in [9.17, 15) is 14.4 Å². The zero-order valence-corrected chi connectivity index (χ0v) is 22.4. The van der Waals surface area contributed by atoms with Gasteiger partial charge >= 0.3 is 5.97 Å². The lowest BCUT2D eigenvalue weighted by Crippen LogP contribution is -2.25. The van der Waals surface area contributed by atoms with Crippen molar-refractivity contribution in [1.82, 2.24) is 5.32 Å². The van der Waals surface area contributed by atoms with E-state index in [1.54, 1.807) is 6.26 Å². The van der Waals surface area contributed by atoms with E-state index in [2.05, 4.69) is 11.4 Å². The molecular weight excluding hydrogens is 486 g/mol. The van der Waals surface area contributed by atoms with Crippen molar-refractivity contribution in [2.75, 3.05) is 0 Å². The number of carboxylic acids is 1. The van der Waals surface area contributed by atoms with Crippen LogP contribution >= 0.6 is 11.8 Å². The number of ether oxygens (including phenoxy) is 1. The number of nitrogens with one attached hydrogen (secondary N) is 1. The van der Waals surface area contributed by atoms with Crippen LogP contribution in [-0.2, 0) is 16.0 Å². The largest absolute Gasteiger partial charge is 0.481 e. The highest BCUT2D eigenvalue weighted by atomic mass is 32.2. The highest BCUT2D eigenvalue weighted by Gasteiger charge is 2.31. The van der Waals surface area contributed by atoms with Crippen LogP contribution in [0.1, 0.15) is 89.0 Å². The van der Waals surface area contributed by atoms with Crippen LogP contribution < -0.4 is 10.1 Å². The van der Waals surface area contributed by atoms with Crippen LogP contribution in [0.4, 0.5) is 4.79 Å². The molecular formula is C30H39NO5S. The summed E-state index contributed by atoms with van der Waals surface area (Å²) in [5, 5.41) is 12.4. The molecule has 0 bridgehead atoms. The zero-order chi connectivity index (χ0) is 26.3. The Bertz CT molecular complexity index is 1070. The Kier molecular flexibility index (Phi) is 12.5. The summed E-state index contributed by atoms with van der Waals surface area (Å²) in [4.78, 5) is 34.0. The molecule has 200 valence electrons. The van der Waals surface area contributed by atoms with Crippen molar-refractivity contribution in [3.63, 3.8) is 0 Å². The van der Waals surface area contributed by atoms with Crippen molar-refractivity contribution in [3.05, 3.63) is 54.3 Å². The van der Waals surface area contributed by atoms with E-state index in [4.69, 9.17) is 9.84 Å². The third-order valence-corrected chi connectivity index (χ3v) is 7.68. The van der Waals surface area contributed by atoms with Crippen LogP contribution in [0.3, 0.4) is 0 Å². The first-order valence-corrected chi connectivity index (χ1v) is 14.5. The van der Waals surface area contributed by atoms with Crippen molar-refractivity contribution < 1.29 is 24.2 Å². The maximum atomic E-state index is 12.0. The van der Waals surface area contributed by atoms with Crippen LogP contribution in [0.2, 0.25) is 0 Å². The molecule has 2 amide bonds. The van der Waals surface area contributed by atoms with Crippen LogP contribution in [0.15, 0.2) is 48.7 Å². The molecule has 1 aliphatic rings. The number of imide groups is 1.